The molecule has 14 heteroatoms. The molecular formula is C23H26ClN7O5S. The van der Waals surface area contributed by atoms with Crippen molar-refractivity contribution in [3.63, 3.8) is 0 Å². The number of ether oxygens (including phenoxy) is 3. The van der Waals surface area contributed by atoms with E-state index in [-0.39, 0.29) is 11.6 Å². The first-order valence-electron chi connectivity index (χ1n) is 11.1. The summed E-state index contributed by atoms with van der Waals surface area (Å²) in [6.45, 7) is 1.53. The Bertz CT molecular complexity index is 1470. The third-order valence-corrected chi connectivity index (χ3v) is 8.01. The molecule has 0 unspecified atom stereocenters. The van der Waals surface area contributed by atoms with Crippen LogP contribution in [-0.2, 0) is 27.4 Å². The highest BCUT2D eigenvalue weighted by molar-refractivity contribution is 7.91. The predicted molar refractivity (Wildman–Crippen MR) is 136 cm³/mol. The Kier molecular flexibility index (Phi) is 7.76. The first kappa shape index (κ1) is 26.5. The van der Waals surface area contributed by atoms with Gasteiger partial charge in [-0.1, -0.05) is 17.7 Å². The van der Waals surface area contributed by atoms with Gasteiger partial charge in [0.05, 0.1) is 24.5 Å². The SMILES string of the molecule is COc1cccc(OC)c1-n1c(CS(=O)(=O)[C@H](C)[C@@H](OC)c2ncc(Cl)cn2)nnc1-c1ccn(C)n1. The van der Waals surface area contributed by atoms with Gasteiger partial charge in [-0.3, -0.25) is 9.25 Å². The number of methoxy groups -OCH3 is 3. The first-order chi connectivity index (χ1) is 17.7. The molecule has 1 aromatic carbocycles. The molecule has 0 spiro atoms. The Morgan fingerprint density at radius 1 is 1.03 bits per heavy atom. The molecule has 0 N–H and O–H groups in total. The summed E-state index contributed by atoms with van der Waals surface area (Å²) in [7, 11) is 2.30. The number of aromatic nitrogens is 7. The summed E-state index contributed by atoms with van der Waals surface area (Å²) in [6, 6.07) is 6.99. The Morgan fingerprint density at radius 2 is 1.68 bits per heavy atom. The standard InChI is InChI=1S/C23H26ClN7O5S/c1-14(21(36-5)22-25-11-15(24)12-26-22)37(32,33)13-19-27-28-23(16-9-10-30(2)29-16)31(19)20-17(34-3)7-6-8-18(20)35-4/h6-12,14,21H,13H2,1-5H3/t14-,21-/m1/s1. The molecule has 3 aromatic heterocycles. The minimum absolute atomic E-state index is 0.141. The van der Waals surface area contributed by atoms with Gasteiger partial charge in [-0.2, -0.15) is 5.10 Å². The van der Waals surface area contributed by atoms with Gasteiger partial charge >= 0.3 is 0 Å². The highest BCUT2D eigenvalue weighted by Crippen LogP contribution is 2.37. The van der Waals surface area contributed by atoms with E-state index in [1.807, 2.05) is 0 Å². The zero-order valence-corrected chi connectivity index (χ0v) is 22.4. The predicted octanol–water partition coefficient (Wildman–Crippen LogP) is 2.82. The normalized spacial score (nSPS) is 13.4. The van der Waals surface area contributed by atoms with Crippen LogP contribution < -0.4 is 9.47 Å². The lowest BCUT2D eigenvalue weighted by Crippen LogP contribution is -2.30. The van der Waals surface area contributed by atoms with E-state index in [4.69, 9.17) is 25.8 Å². The molecule has 196 valence electrons. The van der Waals surface area contributed by atoms with Crippen molar-refractivity contribution in [2.45, 2.75) is 24.0 Å². The van der Waals surface area contributed by atoms with Crippen molar-refractivity contribution in [3.8, 4) is 28.7 Å². The van der Waals surface area contributed by atoms with Crippen LogP contribution in [0.15, 0.2) is 42.9 Å². The molecule has 2 atom stereocenters. The molecule has 4 rings (SSSR count). The molecule has 0 saturated heterocycles. The van der Waals surface area contributed by atoms with Crippen LogP contribution in [0.1, 0.15) is 24.7 Å². The molecular weight excluding hydrogens is 522 g/mol. The molecule has 0 aliphatic heterocycles. The van der Waals surface area contributed by atoms with Gasteiger partial charge in [-0.25, -0.2) is 18.4 Å². The minimum atomic E-state index is -3.88. The van der Waals surface area contributed by atoms with Crippen molar-refractivity contribution in [2.24, 2.45) is 7.05 Å². The van der Waals surface area contributed by atoms with Gasteiger partial charge in [0.25, 0.3) is 0 Å². The largest absolute Gasteiger partial charge is 0.494 e. The van der Waals surface area contributed by atoms with Gasteiger partial charge in [0.2, 0.25) is 0 Å². The maximum Gasteiger partial charge on any atom is 0.189 e. The van der Waals surface area contributed by atoms with Gasteiger partial charge in [0.1, 0.15) is 34.7 Å². The highest BCUT2D eigenvalue weighted by atomic mass is 35.5. The van der Waals surface area contributed by atoms with E-state index in [1.165, 1.54) is 40.6 Å². The summed E-state index contributed by atoms with van der Waals surface area (Å²) in [4.78, 5) is 8.28. The molecule has 0 amide bonds. The van der Waals surface area contributed by atoms with Gasteiger partial charge in [0.15, 0.2) is 27.3 Å². The van der Waals surface area contributed by atoms with Crippen molar-refractivity contribution in [3.05, 3.63) is 59.5 Å². The van der Waals surface area contributed by atoms with E-state index < -0.39 is 26.9 Å². The van der Waals surface area contributed by atoms with E-state index in [1.54, 1.807) is 46.8 Å². The Hall–Kier alpha value is -3.55. The second kappa shape index (κ2) is 10.8. The molecule has 3 heterocycles. The van der Waals surface area contributed by atoms with E-state index in [0.717, 1.165) is 0 Å². The minimum Gasteiger partial charge on any atom is -0.494 e. The topological polar surface area (TPSA) is 136 Å². The van der Waals surface area contributed by atoms with Crippen LogP contribution >= 0.6 is 11.6 Å². The van der Waals surface area contributed by atoms with Crippen molar-refractivity contribution in [1.29, 1.82) is 0 Å². The zero-order valence-electron chi connectivity index (χ0n) is 20.9. The molecule has 12 nitrogen and oxygen atoms in total. The monoisotopic (exact) mass is 547 g/mol. The number of para-hydroxylation sites is 1. The average Bonchev–Trinajstić information content (AvgIpc) is 3.50. The van der Waals surface area contributed by atoms with Crippen LogP contribution in [0.2, 0.25) is 5.02 Å². The lowest BCUT2D eigenvalue weighted by atomic mass is 10.2. The van der Waals surface area contributed by atoms with E-state index in [2.05, 4.69) is 25.3 Å². The fourth-order valence-corrected chi connectivity index (χ4v) is 5.39. The lowest BCUT2D eigenvalue weighted by Gasteiger charge is -2.22. The molecule has 0 bridgehead atoms. The summed E-state index contributed by atoms with van der Waals surface area (Å²) >= 11 is 5.89. The molecule has 37 heavy (non-hydrogen) atoms. The van der Waals surface area contributed by atoms with E-state index >= 15 is 0 Å². The van der Waals surface area contributed by atoms with Crippen LogP contribution in [0.3, 0.4) is 0 Å². The number of hydrogen-bond acceptors (Lipinski definition) is 10. The number of nitrogens with zero attached hydrogens (tertiary/aromatic N) is 7. The van der Waals surface area contributed by atoms with E-state index in [0.29, 0.717) is 33.7 Å². The second-order valence-electron chi connectivity index (χ2n) is 8.09. The lowest BCUT2D eigenvalue weighted by molar-refractivity contribution is 0.0948. The number of rotatable bonds is 10. The molecule has 0 radical (unpaired) electrons. The van der Waals surface area contributed by atoms with Crippen LogP contribution in [0.4, 0.5) is 0 Å². The highest BCUT2D eigenvalue weighted by Gasteiger charge is 2.35. The van der Waals surface area contributed by atoms with Crippen LogP contribution in [0.25, 0.3) is 17.2 Å². The third kappa shape index (κ3) is 5.29. The van der Waals surface area contributed by atoms with Crippen LogP contribution in [0.5, 0.6) is 11.5 Å². The van der Waals surface area contributed by atoms with Gasteiger partial charge in [-0.05, 0) is 25.1 Å². The summed E-state index contributed by atoms with van der Waals surface area (Å²) < 4.78 is 47.2. The quantitative estimate of drug-likeness (QED) is 0.291. The van der Waals surface area contributed by atoms with Crippen LogP contribution in [-0.4, -0.2) is 69.5 Å². The maximum atomic E-state index is 13.7. The average molecular weight is 548 g/mol. The number of benzene rings is 1. The summed E-state index contributed by atoms with van der Waals surface area (Å²) in [6.07, 6.45) is 3.59. The fourth-order valence-electron chi connectivity index (χ4n) is 3.87. The molecule has 4 aromatic rings. The molecule has 0 saturated carbocycles. The first-order valence-corrected chi connectivity index (χ1v) is 13.2. The van der Waals surface area contributed by atoms with E-state index in [9.17, 15) is 8.42 Å². The van der Waals surface area contributed by atoms with Crippen LogP contribution in [0, 0.1) is 0 Å². The summed E-state index contributed by atoms with van der Waals surface area (Å²) in [5.41, 5.74) is 0.935. The van der Waals surface area contributed by atoms with Gasteiger partial charge in [-0.15, -0.1) is 10.2 Å². The number of hydrogen-bond donors (Lipinski definition) is 0. The van der Waals surface area contributed by atoms with Crippen molar-refractivity contribution in [2.75, 3.05) is 21.3 Å². The number of halogens is 1. The summed E-state index contributed by atoms with van der Waals surface area (Å²) in [5, 5.41) is 12.3. The molecule has 0 aliphatic carbocycles. The van der Waals surface area contributed by atoms with Crippen molar-refractivity contribution in [1.82, 2.24) is 34.5 Å². The summed E-state index contributed by atoms with van der Waals surface area (Å²) in [5.74, 6) is 1.07. The smallest absolute Gasteiger partial charge is 0.189 e. The zero-order chi connectivity index (χ0) is 26.7. The molecule has 0 aliphatic rings. The Balaban J connectivity index is 1.82. The van der Waals surface area contributed by atoms with Gasteiger partial charge < -0.3 is 14.2 Å². The maximum absolute atomic E-state index is 13.7. The molecule has 0 fully saturated rings. The van der Waals surface area contributed by atoms with Crippen molar-refractivity contribution < 1.29 is 22.6 Å². The number of aryl methyl sites for hydroxylation is 1. The number of sulfone groups is 1. The van der Waals surface area contributed by atoms with Crippen molar-refractivity contribution >= 4 is 21.4 Å². The second-order valence-corrected chi connectivity index (χ2v) is 10.9. The Labute approximate surface area is 219 Å². The third-order valence-electron chi connectivity index (χ3n) is 5.77. The van der Waals surface area contributed by atoms with Gasteiger partial charge in [0, 0.05) is 32.7 Å². The fraction of sp³-hybridized carbons (Fsp3) is 0.348. The Morgan fingerprint density at radius 3 is 2.22 bits per heavy atom.